The summed E-state index contributed by atoms with van der Waals surface area (Å²) in [5.74, 6) is -4.91. The second kappa shape index (κ2) is 6.38. The van der Waals surface area contributed by atoms with Gasteiger partial charge in [0.2, 0.25) is 0 Å². The Labute approximate surface area is 116 Å². The summed E-state index contributed by atoms with van der Waals surface area (Å²) in [6.45, 7) is 1.40. The average Bonchev–Trinajstić information content (AvgIpc) is 2.37. The Hall–Kier alpha value is -2.38. The van der Waals surface area contributed by atoms with Gasteiger partial charge in [0.15, 0.2) is 0 Å². The van der Waals surface area contributed by atoms with E-state index < -0.39 is 35.1 Å². The van der Waals surface area contributed by atoms with E-state index in [4.69, 9.17) is 0 Å². The number of hydrogen-bond acceptors (Lipinski definition) is 4. The van der Waals surface area contributed by atoms with E-state index in [-0.39, 0.29) is 12.2 Å². The van der Waals surface area contributed by atoms with Gasteiger partial charge in [-0.15, -0.1) is 0 Å². The quantitative estimate of drug-likeness (QED) is 0.305. The van der Waals surface area contributed by atoms with Crippen molar-refractivity contribution < 1.29 is 37.0 Å². The lowest BCUT2D eigenvalue weighted by molar-refractivity contribution is -0.151. The highest BCUT2D eigenvalue weighted by molar-refractivity contribution is 6.39. The van der Waals surface area contributed by atoms with Crippen LogP contribution in [0.4, 0.5) is 17.6 Å². The first-order valence-electron chi connectivity index (χ1n) is 5.65. The minimum atomic E-state index is -4.87. The number of halogens is 4. The Morgan fingerprint density at radius 3 is 2.43 bits per heavy atom. The first-order chi connectivity index (χ1) is 9.66. The molecule has 1 aromatic rings. The van der Waals surface area contributed by atoms with E-state index >= 15 is 0 Å². The Bertz CT molecular complexity index is 590. The first-order valence-corrected chi connectivity index (χ1v) is 5.65. The molecule has 0 aromatic heterocycles. The van der Waals surface area contributed by atoms with E-state index in [1.165, 1.54) is 6.92 Å². The van der Waals surface area contributed by atoms with Crippen LogP contribution in [-0.2, 0) is 20.5 Å². The molecule has 1 aromatic carbocycles. The van der Waals surface area contributed by atoms with Crippen molar-refractivity contribution in [3.63, 3.8) is 0 Å². The molecule has 0 bridgehead atoms. The van der Waals surface area contributed by atoms with Gasteiger partial charge in [-0.1, -0.05) is 6.07 Å². The summed E-state index contributed by atoms with van der Waals surface area (Å²) in [4.78, 5) is 22.3. The maximum absolute atomic E-state index is 13.3. The third-order valence-corrected chi connectivity index (χ3v) is 2.31. The monoisotopic (exact) mass is 306 g/mol. The molecule has 0 radical (unpaired) electrons. The van der Waals surface area contributed by atoms with Gasteiger partial charge >= 0.3 is 12.1 Å². The number of ketones is 1. The largest absolute Gasteiger partial charge is 0.507 e. The number of rotatable bonds is 4. The van der Waals surface area contributed by atoms with Crippen LogP contribution in [0.1, 0.15) is 18.1 Å². The molecule has 0 unspecified atom stereocenters. The molecule has 0 spiro atoms. The summed E-state index contributed by atoms with van der Waals surface area (Å²) in [6, 6.07) is 1.60. The lowest BCUT2D eigenvalue weighted by Crippen LogP contribution is -2.15. The summed E-state index contributed by atoms with van der Waals surface area (Å²) in [5.41, 5.74) is -1.88. The van der Waals surface area contributed by atoms with Crippen LogP contribution in [0.5, 0.6) is 0 Å². The van der Waals surface area contributed by atoms with E-state index in [1.807, 2.05) is 0 Å². The van der Waals surface area contributed by atoms with Crippen molar-refractivity contribution in [2.45, 2.75) is 13.1 Å². The van der Waals surface area contributed by atoms with Crippen molar-refractivity contribution in [3.8, 4) is 0 Å². The molecule has 1 N–H and O–H groups in total. The van der Waals surface area contributed by atoms with Crippen molar-refractivity contribution in [1.82, 2.24) is 0 Å². The third kappa shape index (κ3) is 4.30. The molecule has 0 saturated heterocycles. The van der Waals surface area contributed by atoms with Crippen LogP contribution >= 0.6 is 0 Å². The maximum Gasteiger partial charge on any atom is 0.419 e. The van der Waals surface area contributed by atoms with E-state index in [1.54, 1.807) is 0 Å². The number of carbonyl (C=O) groups excluding carboxylic acids is 2. The fourth-order valence-electron chi connectivity index (χ4n) is 1.37. The van der Waals surface area contributed by atoms with Crippen molar-refractivity contribution >= 4 is 17.5 Å². The summed E-state index contributed by atoms with van der Waals surface area (Å²) in [6.07, 6.45) is -4.43. The Kier molecular flexibility index (Phi) is 5.07. The van der Waals surface area contributed by atoms with Crippen molar-refractivity contribution in [2.75, 3.05) is 6.61 Å². The molecule has 4 nitrogen and oxygen atoms in total. The second-order valence-electron chi connectivity index (χ2n) is 3.81. The number of carbonyl (C=O) groups is 2. The average molecular weight is 306 g/mol. The fraction of sp³-hybridized carbons (Fsp3) is 0.231. The van der Waals surface area contributed by atoms with E-state index in [0.29, 0.717) is 18.2 Å². The highest BCUT2D eigenvalue weighted by Crippen LogP contribution is 2.32. The molecule has 1 rings (SSSR count). The number of esters is 1. The molecule has 8 heteroatoms. The smallest absolute Gasteiger partial charge is 0.419 e. The van der Waals surface area contributed by atoms with Crippen LogP contribution in [0.2, 0.25) is 0 Å². The van der Waals surface area contributed by atoms with Crippen molar-refractivity contribution in [2.24, 2.45) is 0 Å². The number of hydrogen-bond donors (Lipinski definition) is 1. The van der Waals surface area contributed by atoms with E-state index in [2.05, 4.69) is 4.74 Å². The zero-order chi connectivity index (χ0) is 16.2. The van der Waals surface area contributed by atoms with Gasteiger partial charge in [0, 0.05) is 11.6 Å². The number of aliphatic hydroxyl groups is 1. The molecule has 0 saturated carbocycles. The van der Waals surface area contributed by atoms with Gasteiger partial charge in [-0.3, -0.25) is 4.79 Å². The van der Waals surface area contributed by atoms with Gasteiger partial charge in [0.25, 0.3) is 5.78 Å². The molecule has 0 aliphatic rings. The molecule has 114 valence electrons. The lowest BCUT2D eigenvalue weighted by atomic mass is 10.1. The highest BCUT2D eigenvalue weighted by atomic mass is 19.4. The predicted octanol–water partition coefficient (Wildman–Crippen LogP) is 2.88. The summed E-state index contributed by atoms with van der Waals surface area (Å²) < 4.78 is 54.7. The summed E-state index contributed by atoms with van der Waals surface area (Å²) >= 11 is 0. The van der Waals surface area contributed by atoms with Gasteiger partial charge in [0.05, 0.1) is 12.2 Å². The minimum absolute atomic E-state index is 0.0614. The number of ether oxygens (including phenoxy) is 1. The molecule has 0 fully saturated rings. The van der Waals surface area contributed by atoms with Gasteiger partial charge < -0.3 is 9.84 Å². The number of alkyl halides is 3. The van der Waals surface area contributed by atoms with Gasteiger partial charge in [-0.05, 0) is 19.1 Å². The Morgan fingerprint density at radius 1 is 1.33 bits per heavy atom. The fourth-order valence-corrected chi connectivity index (χ4v) is 1.37. The molecule has 0 atom stereocenters. The number of aliphatic hydroxyl groups excluding tert-OH is 1. The predicted molar refractivity (Wildman–Crippen MR) is 63.6 cm³/mol. The van der Waals surface area contributed by atoms with Crippen molar-refractivity contribution in [1.29, 1.82) is 0 Å². The molecule has 0 aliphatic carbocycles. The normalized spacial score (nSPS) is 12.1. The van der Waals surface area contributed by atoms with Gasteiger partial charge in [-0.2, -0.15) is 13.2 Å². The minimum Gasteiger partial charge on any atom is -0.507 e. The van der Waals surface area contributed by atoms with Crippen LogP contribution in [0.3, 0.4) is 0 Å². The lowest BCUT2D eigenvalue weighted by Gasteiger charge is -2.09. The van der Waals surface area contributed by atoms with Gasteiger partial charge in [0.1, 0.15) is 11.6 Å². The Morgan fingerprint density at radius 2 is 1.95 bits per heavy atom. The maximum atomic E-state index is 13.3. The zero-order valence-electron chi connectivity index (χ0n) is 10.7. The molecule has 21 heavy (non-hydrogen) atoms. The topological polar surface area (TPSA) is 63.6 Å². The molecular formula is C13H10F4O4. The third-order valence-electron chi connectivity index (χ3n) is 2.31. The second-order valence-corrected chi connectivity index (χ2v) is 3.81. The van der Waals surface area contributed by atoms with E-state index in [9.17, 15) is 32.3 Å². The van der Waals surface area contributed by atoms with Gasteiger partial charge in [-0.25, -0.2) is 9.18 Å². The molecule has 0 aliphatic heterocycles. The standard InChI is InChI=1S/C13H10F4O4/c1-2-21-12(20)11(19)6-10(18)7-3-4-8(9(14)5-7)13(15,16)17/h3-6,18H,2H2,1H3/b10-6+. The van der Waals surface area contributed by atoms with Crippen LogP contribution < -0.4 is 0 Å². The summed E-state index contributed by atoms with van der Waals surface area (Å²) in [7, 11) is 0. The van der Waals surface area contributed by atoms with Crippen molar-refractivity contribution in [3.05, 3.63) is 41.2 Å². The van der Waals surface area contributed by atoms with E-state index in [0.717, 1.165) is 6.07 Å². The SMILES string of the molecule is CCOC(=O)C(=O)/C=C(/O)c1ccc(C(F)(F)F)c(F)c1. The number of benzene rings is 1. The molecular weight excluding hydrogens is 296 g/mol. The van der Waals surface area contributed by atoms with Crippen LogP contribution in [-0.4, -0.2) is 23.5 Å². The van der Waals surface area contributed by atoms with Crippen LogP contribution in [0, 0.1) is 5.82 Å². The molecule has 0 heterocycles. The molecule has 0 amide bonds. The Balaban J connectivity index is 3.04. The van der Waals surface area contributed by atoms with Crippen LogP contribution in [0.25, 0.3) is 5.76 Å². The first kappa shape index (κ1) is 16.7. The van der Waals surface area contributed by atoms with Crippen LogP contribution in [0.15, 0.2) is 24.3 Å². The highest BCUT2D eigenvalue weighted by Gasteiger charge is 2.34. The zero-order valence-corrected chi connectivity index (χ0v) is 10.7. The summed E-state index contributed by atoms with van der Waals surface area (Å²) in [5, 5.41) is 9.51.